The molecule has 0 radical (unpaired) electrons. The number of amides is 1. The van der Waals surface area contributed by atoms with E-state index in [1.165, 1.54) is 5.56 Å². The molecule has 4 aliphatic rings. The molecule has 6 rings (SSSR count). The van der Waals surface area contributed by atoms with Crippen LogP contribution in [0.25, 0.3) is 0 Å². The van der Waals surface area contributed by atoms with Gasteiger partial charge in [0.05, 0.1) is 30.7 Å². The number of carbonyl (C=O) groups is 1. The van der Waals surface area contributed by atoms with Gasteiger partial charge in [0.25, 0.3) is 0 Å². The van der Waals surface area contributed by atoms with Crippen LogP contribution in [0.5, 0.6) is 17.2 Å². The molecule has 2 aliphatic carbocycles. The van der Waals surface area contributed by atoms with Crippen LogP contribution in [0.1, 0.15) is 100 Å². The van der Waals surface area contributed by atoms with Crippen molar-refractivity contribution in [3.05, 3.63) is 77.4 Å². The number of halogens is 1. The number of hydrogen-bond acceptors (Lipinski definition) is 10. The highest BCUT2D eigenvalue weighted by Gasteiger charge is 2.65. The van der Waals surface area contributed by atoms with E-state index < -0.39 is 30.1 Å². The van der Waals surface area contributed by atoms with Gasteiger partial charge in [-0.15, -0.1) is 18.2 Å². The average Bonchev–Trinajstić information content (AvgIpc) is 3.23. The minimum Gasteiger partial charge on any atom is -0.459 e. The fraction of sp³-hybridized carbons (Fsp3) is 0.609. The third-order valence-electron chi connectivity index (χ3n) is 12.2. The van der Waals surface area contributed by atoms with E-state index in [0.29, 0.717) is 49.6 Å². The molecular weight excluding hydrogens is 760 g/mol. The first-order chi connectivity index (χ1) is 28.3. The van der Waals surface area contributed by atoms with Gasteiger partial charge < -0.3 is 38.7 Å². The zero-order valence-electron chi connectivity index (χ0n) is 34.5. The summed E-state index contributed by atoms with van der Waals surface area (Å²) < 4.78 is 32.6. The molecule has 2 aromatic carbocycles. The van der Waals surface area contributed by atoms with Crippen LogP contribution >= 0.6 is 11.6 Å². The van der Waals surface area contributed by atoms with Gasteiger partial charge >= 0.3 is 6.09 Å². The van der Waals surface area contributed by atoms with Crippen molar-refractivity contribution in [2.45, 2.75) is 115 Å². The predicted octanol–water partition coefficient (Wildman–Crippen LogP) is 9.34. The van der Waals surface area contributed by atoms with E-state index in [0.717, 1.165) is 67.4 Å². The van der Waals surface area contributed by atoms with Gasteiger partial charge in [-0.25, -0.2) is 4.79 Å². The zero-order chi connectivity index (χ0) is 41.1. The van der Waals surface area contributed by atoms with Crippen LogP contribution in [0.2, 0.25) is 0 Å². The molecule has 2 heterocycles. The average molecular weight is 823 g/mol. The molecule has 0 bridgehead atoms. The molecule has 1 saturated heterocycles. The Morgan fingerprint density at radius 3 is 2.53 bits per heavy atom. The summed E-state index contributed by atoms with van der Waals surface area (Å²) in [5.41, 5.74) is 4.99. The van der Waals surface area contributed by atoms with Crippen molar-refractivity contribution in [3.8, 4) is 17.2 Å². The zero-order valence-corrected chi connectivity index (χ0v) is 35.3. The van der Waals surface area contributed by atoms with Crippen LogP contribution in [0, 0.1) is 31.6 Å². The van der Waals surface area contributed by atoms with Gasteiger partial charge in [0.1, 0.15) is 29.9 Å². The lowest BCUT2D eigenvalue weighted by Crippen LogP contribution is -2.70. The number of fused-ring (bicyclic) bond motifs is 2. The van der Waals surface area contributed by atoms with Crippen molar-refractivity contribution < 1.29 is 43.5 Å². The summed E-state index contributed by atoms with van der Waals surface area (Å²) in [6, 6.07) is 11.4. The van der Waals surface area contributed by atoms with Gasteiger partial charge in [-0.1, -0.05) is 43.1 Å². The van der Waals surface area contributed by atoms with Gasteiger partial charge in [-0.05, 0) is 118 Å². The summed E-state index contributed by atoms with van der Waals surface area (Å²) in [7, 11) is 0. The van der Waals surface area contributed by atoms with Crippen molar-refractivity contribution in [2.75, 3.05) is 45.5 Å². The highest BCUT2D eigenvalue weighted by molar-refractivity contribution is 6.18. The minimum atomic E-state index is -1.38. The molecule has 2 fully saturated rings. The standard InChI is InChI=1S/C46H63ClN2O9/c1-5-21-49(45(52)54-26-20-47)41-30-39(48-58-42-15-9-12-25-53-42)37-28-33(13-7-10-22-50)36(14-8-11-23-51)43-38-29-35(56-34-17-16-31(3)32(4)27-34)18-19-40(38)57-46(41,44(37)43)55-24-6-2/h6,16-19,27-29,33,36,41-44,50-51H,2,5,7-15,20-26,30H2,1,3-4H3/t33-,36+,41-,42?,43+,44+,46+/m0/s1. The Kier molecular flexibility index (Phi) is 16.0. The summed E-state index contributed by atoms with van der Waals surface area (Å²) in [5, 5.41) is 24.7. The van der Waals surface area contributed by atoms with Gasteiger partial charge in [0.15, 0.2) is 0 Å². The number of oxime groups is 1. The first-order valence-corrected chi connectivity index (χ1v) is 21.9. The predicted molar refractivity (Wildman–Crippen MR) is 225 cm³/mol. The molecule has 1 amide bonds. The van der Waals surface area contributed by atoms with Crippen LogP contribution in [-0.2, 0) is 19.0 Å². The Morgan fingerprint density at radius 2 is 1.83 bits per heavy atom. The molecule has 2 aromatic rings. The van der Waals surface area contributed by atoms with Gasteiger partial charge in [0.2, 0.25) is 12.1 Å². The maximum atomic E-state index is 14.1. The highest BCUT2D eigenvalue weighted by atomic mass is 35.5. The minimum absolute atomic E-state index is 0.0591. The normalized spacial score (nSPS) is 26.8. The number of aryl methyl sites for hydroxylation is 2. The molecule has 7 atom stereocenters. The SMILES string of the molecule is C=CCO[C@@]12Oc3ccc(Oc4ccc(C)c(C)c4)cc3[C@H]3[C@H](CCCCO)[C@@H](CCCCO)C=C(C(=NOC4CCCCO4)C[C@@H]1N(CCC)C(=O)OCCCl)[C@H]32. The molecule has 11 nitrogen and oxygen atoms in total. The number of aliphatic hydroxyl groups excluding tert-OH is 2. The molecule has 1 saturated carbocycles. The summed E-state index contributed by atoms with van der Waals surface area (Å²) in [4.78, 5) is 22.1. The number of rotatable bonds is 20. The van der Waals surface area contributed by atoms with E-state index in [1.807, 2.05) is 31.2 Å². The number of hydrogen-bond donors (Lipinski definition) is 2. The van der Waals surface area contributed by atoms with E-state index in [-0.39, 0.29) is 56.5 Å². The largest absolute Gasteiger partial charge is 0.459 e. The smallest absolute Gasteiger partial charge is 0.410 e. The quantitative estimate of drug-likeness (QED) is 0.0581. The van der Waals surface area contributed by atoms with Crippen LogP contribution < -0.4 is 9.47 Å². The van der Waals surface area contributed by atoms with Crippen LogP contribution in [0.3, 0.4) is 0 Å². The Hall–Kier alpha value is -3.61. The van der Waals surface area contributed by atoms with Crippen molar-refractivity contribution in [2.24, 2.45) is 22.9 Å². The number of aliphatic hydroxyl groups is 2. The van der Waals surface area contributed by atoms with Crippen LogP contribution in [-0.4, -0.2) is 90.5 Å². The molecule has 318 valence electrons. The lowest BCUT2D eigenvalue weighted by atomic mass is 9.55. The van der Waals surface area contributed by atoms with E-state index in [9.17, 15) is 15.0 Å². The van der Waals surface area contributed by atoms with Crippen molar-refractivity contribution >= 4 is 23.4 Å². The van der Waals surface area contributed by atoms with E-state index in [4.69, 9.17) is 45.3 Å². The first-order valence-electron chi connectivity index (χ1n) is 21.4. The Bertz CT molecular complexity index is 1750. The third-order valence-corrected chi connectivity index (χ3v) is 12.3. The van der Waals surface area contributed by atoms with Gasteiger partial charge in [0, 0.05) is 44.1 Å². The number of ether oxygens (including phenoxy) is 5. The fourth-order valence-corrected chi connectivity index (χ4v) is 9.44. The van der Waals surface area contributed by atoms with E-state index in [2.05, 4.69) is 38.6 Å². The van der Waals surface area contributed by atoms with Gasteiger partial charge in [-0.2, -0.15) is 0 Å². The summed E-state index contributed by atoms with van der Waals surface area (Å²) in [6.07, 6.45) is 11.4. The second kappa shape index (κ2) is 21.1. The lowest BCUT2D eigenvalue weighted by molar-refractivity contribution is -0.255. The Balaban J connectivity index is 1.57. The Morgan fingerprint density at radius 1 is 1.05 bits per heavy atom. The van der Waals surface area contributed by atoms with Crippen LogP contribution in [0.15, 0.2) is 65.9 Å². The third kappa shape index (κ3) is 9.87. The van der Waals surface area contributed by atoms with Crippen molar-refractivity contribution in [3.63, 3.8) is 0 Å². The lowest BCUT2D eigenvalue weighted by Gasteiger charge is -2.60. The highest BCUT2D eigenvalue weighted by Crippen LogP contribution is 2.62. The molecule has 2 aliphatic heterocycles. The topological polar surface area (TPSA) is 129 Å². The van der Waals surface area contributed by atoms with Crippen molar-refractivity contribution in [1.82, 2.24) is 4.90 Å². The molecule has 1 unspecified atom stereocenters. The number of allylic oxidation sites excluding steroid dienone is 1. The molecule has 58 heavy (non-hydrogen) atoms. The van der Waals surface area contributed by atoms with Gasteiger partial charge in [-0.3, -0.25) is 4.90 Å². The summed E-state index contributed by atoms with van der Waals surface area (Å²) in [6.45, 7) is 11.6. The molecular formula is C46H63ClN2O9. The van der Waals surface area contributed by atoms with Crippen LogP contribution in [0.4, 0.5) is 4.79 Å². The van der Waals surface area contributed by atoms with E-state index in [1.54, 1.807) is 11.0 Å². The number of nitrogens with zero attached hydrogens (tertiary/aromatic N) is 2. The summed E-state index contributed by atoms with van der Waals surface area (Å²) >= 11 is 6.03. The van der Waals surface area contributed by atoms with E-state index >= 15 is 0 Å². The Labute approximate surface area is 349 Å². The number of carbonyl (C=O) groups excluding carboxylic acids is 1. The second-order valence-corrected chi connectivity index (χ2v) is 16.4. The number of unbranched alkanes of at least 4 members (excludes halogenated alkanes) is 2. The summed E-state index contributed by atoms with van der Waals surface area (Å²) in [5.74, 6) is 0.416. The maximum Gasteiger partial charge on any atom is 0.410 e. The molecule has 0 spiro atoms. The molecule has 12 heteroatoms. The number of benzene rings is 2. The number of alkyl halides is 1. The second-order valence-electron chi connectivity index (χ2n) is 16.0. The first kappa shape index (κ1) is 44.0. The monoisotopic (exact) mass is 822 g/mol. The fourth-order valence-electron chi connectivity index (χ4n) is 9.37. The maximum absolute atomic E-state index is 14.1. The van der Waals surface area contributed by atoms with Crippen molar-refractivity contribution in [1.29, 1.82) is 0 Å². The molecule has 2 N–H and O–H groups in total. The molecule has 0 aromatic heterocycles.